The SMILES string of the molecule is CC.CC.CN1CCC(BS)CC(C)(C)C1. The molecule has 1 atom stereocenters. The number of hydrogen-bond acceptors (Lipinski definition) is 2. The fraction of sp³-hybridized carbons (Fsp3) is 1.00. The van der Waals surface area contributed by atoms with Gasteiger partial charge in [-0.05, 0) is 31.8 Å². The maximum Gasteiger partial charge on any atom is 0.190 e. The van der Waals surface area contributed by atoms with Crippen molar-refractivity contribution in [1.82, 2.24) is 4.90 Å². The highest BCUT2D eigenvalue weighted by Gasteiger charge is 2.27. The Balaban J connectivity index is 0. The van der Waals surface area contributed by atoms with Crippen molar-refractivity contribution in [2.24, 2.45) is 5.41 Å². The van der Waals surface area contributed by atoms with E-state index in [0.29, 0.717) is 5.41 Å². The van der Waals surface area contributed by atoms with Crippen LogP contribution in [0.4, 0.5) is 0 Å². The number of likely N-dealkylation sites (tertiary alicyclic amines) is 1. The average Bonchev–Trinajstić information content (AvgIpc) is 2.41. The van der Waals surface area contributed by atoms with Crippen LogP contribution in [0.5, 0.6) is 0 Å². The van der Waals surface area contributed by atoms with E-state index in [4.69, 9.17) is 0 Å². The monoisotopic (exact) mass is 245 g/mol. The molecular formula is C13H32BNS. The topological polar surface area (TPSA) is 3.24 Å². The van der Waals surface area contributed by atoms with Gasteiger partial charge in [0.25, 0.3) is 0 Å². The molecule has 0 aromatic rings. The Bertz CT molecular complexity index is 151. The Labute approximate surface area is 110 Å². The van der Waals surface area contributed by atoms with E-state index in [2.05, 4.69) is 38.3 Å². The zero-order valence-electron chi connectivity index (χ0n) is 12.5. The highest BCUT2D eigenvalue weighted by molar-refractivity contribution is 8.07. The maximum absolute atomic E-state index is 4.40. The van der Waals surface area contributed by atoms with Gasteiger partial charge in [0.05, 0.1) is 0 Å². The molecular weight excluding hydrogens is 213 g/mol. The third-order valence-electron chi connectivity index (χ3n) is 2.72. The lowest BCUT2D eigenvalue weighted by atomic mass is 9.72. The van der Waals surface area contributed by atoms with Crippen LogP contribution in [0.1, 0.15) is 54.4 Å². The molecule has 1 nitrogen and oxygen atoms in total. The summed E-state index contributed by atoms with van der Waals surface area (Å²) in [4.78, 5) is 2.45. The van der Waals surface area contributed by atoms with Crippen molar-refractivity contribution in [3.05, 3.63) is 0 Å². The summed E-state index contributed by atoms with van der Waals surface area (Å²) in [5.41, 5.74) is 0.485. The van der Waals surface area contributed by atoms with Crippen LogP contribution >= 0.6 is 12.5 Å². The first-order valence-electron chi connectivity index (χ1n) is 6.83. The molecule has 1 heterocycles. The van der Waals surface area contributed by atoms with E-state index < -0.39 is 0 Å². The van der Waals surface area contributed by atoms with Crippen molar-refractivity contribution in [3.8, 4) is 0 Å². The summed E-state index contributed by atoms with van der Waals surface area (Å²) in [5.74, 6) is 0.827. The Kier molecular flexibility index (Phi) is 12.3. The van der Waals surface area contributed by atoms with Crippen molar-refractivity contribution in [2.45, 2.75) is 60.2 Å². The Morgan fingerprint density at radius 3 is 2.12 bits per heavy atom. The van der Waals surface area contributed by atoms with Crippen molar-refractivity contribution in [1.29, 1.82) is 0 Å². The summed E-state index contributed by atoms with van der Waals surface area (Å²) in [6.07, 6.45) is 2.66. The minimum Gasteiger partial charge on any atom is -0.306 e. The minimum atomic E-state index is 0.485. The van der Waals surface area contributed by atoms with Crippen LogP contribution < -0.4 is 0 Å². The van der Waals surface area contributed by atoms with E-state index in [-0.39, 0.29) is 0 Å². The molecule has 3 heteroatoms. The molecule has 16 heavy (non-hydrogen) atoms. The summed E-state index contributed by atoms with van der Waals surface area (Å²) in [6, 6.07) is 0. The zero-order valence-corrected chi connectivity index (χ0v) is 13.4. The molecule has 0 aromatic carbocycles. The Morgan fingerprint density at radius 2 is 1.69 bits per heavy atom. The summed E-state index contributed by atoms with van der Waals surface area (Å²) in [7, 11) is 2.22. The number of thiol groups is 1. The van der Waals surface area contributed by atoms with E-state index in [1.807, 2.05) is 27.7 Å². The van der Waals surface area contributed by atoms with Crippen LogP contribution in [0.15, 0.2) is 0 Å². The number of hydrogen-bond donors (Lipinski definition) is 1. The molecule has 0 saturated carbocycles. The van der Waals surface area contributed by atoms with Gasteiger partial charge < -0.3 is 4.90 Å². The van der Waals surface area contributed by atoms with Crippen LogP contribution in [0.3, 0.4) is 0 Å². The molecule has 0 bridgehead atoms. The van der Waals surface area contributed by atoms with Gasteiger partial charge in [-0.3, -0.25) is 0 Å². The van der Waals surface area contributed by atoms with Crippen LogP contribution in [-0.4, -0.2) is 31.6 Å². The second-order valence-electron chi connectivity index (χ2n) is 4.94. The second kappa shape index (κ2) is 10.5. The van der Waals surface area contributed by atoms with Crippen molar-refractivity contribution in [2.75, 3.05) is 20.1 Å². The fourth-order valence-corrected chi connectivity index (χ4v) is 2.63. The van der Waals surface area contributed by atoms with Gasteiger partial charge in [0.1, 0.15) is 0 Å². The molecule has 1 fully saturated rings. The highest BCUT2D eigenvalue weighted by Crippen LogP contribution is 2.34. The largest absolute Gasteiger partial charge is 0.306 e. The van der Waals surface area contributed by atoms with Gasteiger partial charge in [0.15, 0.2) is 6.56 Å². The smallest absolute Gasteiger partial charge is 0.190 e. The van der Waals surface area contributed by atoms with Gasteiger partial charge in [-0.25, -0.2) is 12.5 Å². The van der Waals surface area contributed by atoms with Gasteiger partial charge >= 0.3 is 0 Å². The van der Waals surface area contributed by atoms with Crippen LogP contribution in [-0.2, 0) is 0 Å². The minimum absolute atomic E-state index is 0.485. The normalized spacial score (nSPS) is 24.1. The third-order valence-corrected chi connectivity index (χ3v) is 3.23. The van der Waals surface area contributed by atoms with E-state index in [1.165, 1.54) is 25.9 Å². The first kappa shape index (κ1) is 18.7. The van der Waals surface area contributed by atoms with Crippen molar-refractivity contribution < 1.29 is 0 Å². The molecule has 0 radical (unpaired) electrons. The lowest BCUT2D eigenvalue weighted by Crippen LogP contribution is -2.29. The third kappa shape index (κ3) is 8.52. The summed E-state index contributed by atoms with van der Waals surface area (Å²) < 4.78 is 0. The summed E-state index contributed by atoms with van der Waals surface area (Å²) in [6.45, 7) is 16.3. The Hall–Kier alpha value is 0.375. The molecule has 0 aliphatic carbocycles. The Morgan fingerprint density at radius 1 is 1.19 bits per heavy atom. The lowest BCUT2D eigenvalue weighted by Gasteiger charge is -2.27. The van der Waals surface area contributed by atoms with E-state index >= 15 is 0 Å². The van der Waals surface area contributed by atoms with Crippen molar-refractivity contribution >= 4 is 19.0 Å². The lowest BCUT2D eigenvalue weighted by molar-refractivity contribution is 0.228. The molecule has 0 spiro atoms. The highest BCUT2D eigenvalue weighted by atomic mass is 32.1. The van der Waals surface area contributed by atoms with Gasteiger partial charge in [-0.15, -0.1) is 0 Å². The van der Waals surface area contributed by atoms with E-state index in [9.17, 15) is 0 Å². The predicted molar refractivity (Wildman–Crippen MR) is 83.1 cm³/mol. The molecule has 0 amide bonds. The van der Waals surface area contributed by atoms with E-state index in [0.717, 1.165) is 12.4 Å². The zero-order chi connectivity index (χ0) is 13.2. The molecule has 1 saturated heterocycles. The molecule has 1 unspecified atom stereocenters. The molecule has 0 N–H and O–H groups in total. The predicted octanol–water partition coefficient (Wildman–Crippen LogP) is 3.86. The van der Waals surface area contributed by atoms with Crippen LogP contribution in [0.2, 0.25) is 5.82 Å². The molecule has 0 aromatic heterocycles. The molecule has 1 rings (SSSR count). The van der Waals surface area contributed by atoms with Crippen LogP contribution in [0, 0.1) is 5.41 Å². The first-order chi connectivity index (χ1) is 7.53. The van der Waals surface area contributed by atoms with E-state index in [1.54, 1.807) is 0 Å². The molecule has 1 aliphatic heterocycles. The number of rotatable bonds is 1. The average molecular weight is 245 g/mol. The standard InChI is InChI=1S/C9H20BNS.2C2H6/c1-9(2)6-8(10-12)4-5-11(3)7-9;2*1-2/h8,10,12H,4-7H2,1-3H3;2*1-2H3. The maximum atomic E-state index is 4.40. The van der Waals surface area contributed by atoms with Gasteiger partial charge in [-0.2, -0.15) is 0 Å². The fourth-order valence-electron chi connectivity index (χ4n) is 2.32. The summed E-state index contributed by atoms with van der Waals surface area (Å²) >= 11 is 4.40. The van der Waals surface area contributed by atoms with Crippen molar-refractivity contribution in [3.63, 3.8) is 0 Å². The van der Waals surface area contributed by atoms with Gasteiger partial charge in [0, 0.05) is 6.54 Å². The molecule has 98 valence electrons. The first-order valence-corrected chi connectivity index (χ1v) is 7.46. The number of nitrogens with zero attached hydrogens (tertiary/aromatic N) is 1. The summed E-state index contributed by atoms with van der Waals surface area (Å²) in [5, 5.41) is 0. The quantitative estimate of drug-likeness (QED) is 0.542. The second-order valence-corrected chi connectivity index (χ2v) is 5.31. The molecule has 1 aliphatic rings. The van der Waals surface area contributed by atoms with Crippen LogP contribution in [0.25, 0.3) is 0 Å². The van der Waals surface area contributed by atoms with Gasteiger partial charge in [-0.1, -0.05) is 47.4 Å². The van der Waals surface area contributed by atoms with Gasteiger partial charge in [0.2, 0.25) is 0 Å².